The Kier molecular flexibility index (Phi) is 6.94. The molecule has 8 heteroatoms. The highest BCUT2D eigenvalue weighted by Gasteiger charge is 2.11. The molecule has 0 saturated carbocycles. The Morgan fingerprint density at radius 1 is 1.24 bits per heavy atom. The van der Waals surface area contributed by atoms with Crippen LogP contribution in [-0.4, -0.2) is 35.5 Å². The molecular weight excluding hydrogens is 345 g/mol. The van der Waals surface area contributed by atoms with Crippen LogP contribution in [-0.2, 0) is 11.2 Å². The first-order valence-electron chi connectivity index (χ1n) is 8.02. The molecule has 2 aromatic rings. The topological polar surface area (TPSA) is 78.9 Å². The Labute approximate surface area is 151 Å². The average molecular weight is 366 g/mol. The van der Waals surface area contributed by atoms with Crippen LogP contribution < -0.4 is 16.0 Å². The van der Waals surface area contributed by atoms with Gasteiger partial charge in [0.1, 0.15) is 11.6 Å². The number of nitrogens with one attached hydrogen (secondary N) is 3. The molecule has 1 aromatic carbocycles. The lowest BCUT2D eigenvalue weighted by Crippen LogP contribution is -2.30. The molecule has 1 amide bonds. The van der Waals surface area contributed by atoms with Gasteiger partial charge >= 0.3 is 0 Å². The molecule has 0 aliphatic carbocycles. The van der Waals surface area contributed by atoms with Gasteiger partial charge in [0.05, 0.1) is 6.42 Å². The zero-order chi connectivity index (χ0) is 18.2. The molecule has 0 aliphatic rings. The van der Waals surface area contributed by atoms with Crippen molar-refractivity contribution in [2.75, 3.05) is 30.3 Å². The van der Waals surface area contributed by atoms with E-state index in [0.29, 0.717) is 24.9 Å². The van der Waals surface area contributed by atoms with Crippen LogP contribution in [0.5, 0.6) is 0 Å². The summed E-state index contributed by atoms with van der Waals surface area (Å²) in [5, 5.41) is 9.15. The molecule has 0 bridgehead atoms. The largest absolute Gasteiger partial charge is 0.368 e. The van der Waals surface area contributed by atoms with E-state index in [-0.39, 0.29) is 22.9 Å². The SMILES string of the molecule is CCNc1nc(C)cc(NCCNC(=O)Cc2c(F)cccc2Cl)n1. The highest BCUT2D eigenvalue weighted by Crippen LogP contribution is 2.19. The quantitative estimate of drug-likeness (QED) is 0.627. The summed E-state index contributed by atoms with van der Waals surface area (Å²) in [5.74, 6) is 0.465. The number of aryl methyl sites for hydroxylation is 1. The molecule has 3 N–H and O–H groups in total. The number of carbonyl (C=O) groups is 1. The molecule has 0 unspecified atom stereocenters. The molecule has 6 nitrogen and oxygen atoms in total. The minimum absolute atomic E-state index is 0.0946. The second kappa shape index (κ2) is 9.17. The lowest BCUT2D eigenvalue weighted by Gasteiger charge is -2.10. The van der Waals surface area contributed by atoms with E-state index < -0.39 is 5.82 Å². The third kappa shape index (κ3) is 5.86. The van der Waals surface area contributed by atoms with Crippen molar-refractivity contribution in [3.8, 4) is 0 Å². The molecule has 1 heterocycles. The number of carbonyl (C=O) groups excluding carboxylic acids is 1. The highest BCUT2D eigenvalue weighted by atomic mass is 35.5. The third-order valence-corrected chi connectivity index (χ3v) is 3.70. The third-order valence-electron chi connectivity index (χ3n) is 3.34. The van der Waals surface area contributed by atoms with Gasteiger partial charge < -0.3 is 16.0 Å². The molecule has 0 saturated heterocycles. The van der Waals surface area contributed by atoms with E-state index in [1.54, 1.807) is 6.07 Å². The van der Waals surface area contributed by atoms with Crippen LogP contribution >= 0.6 is 11.6 Å². The number of rotatable bonds is 8. The van der Waals surface area contributed by atoms with Crippen molar-refractivity contribution in [2.24, 2.45) is 0 Å². The van der Waals surface area contributed by atoms with E-state index in [1.165, 1.54) is 12.1 Å². The van der Waals surface area contributed by atoms with Crippen LogP contribution in [0.15, 0.2) is 24.3 Å². The fraction of sp³-hybridized carbons (Fsp3) is 0.353. The number of amides is 1. The molecule has 1 aromatic heterocycles. The number of aromatic nitrogens is 2. The molecule has 134 valence electrons. The zero-order valence-electron chi connectivity index (χ0n) is 14.2. The van der Waals surface area contributed by atoms with Gasteiger partial charge in [-0.05, 0) is 26.0 Å². The Balaban J connectivity index is 1.80. The van der Waals surface area contributed by atoms with E-state index in [4.69, 9.17) is 11.6 Å². The molecular formula is C17H21ClFN5O. The standard InChI is InChI=1S/C17H21ClFN5O/c1-3-20-17-23-11(2)9-15(24-17)21-7-8-22-16(25)10-12-13(18)5-4-6-14(12)19/h4-6,9H,3,7-8,10H2,1-2H3,(H,22,25)(H2,20,21,23,24). The van der Waals surface area contributed by atoms with Gasteiger partial charge in [-0.2, -0.15) is 4.98 Å². The van der Waals surface area contributed by atoms with Crippen molar-refractivity contribution in [1.29, 1.82) is 0 Å². The summed E-state index contributed by atoms with van der Waals surface area (Å²) in [6, 6.07) is 6.18. The fourth-order valence-corrected chi connectivity index (χ4v) is 2.44. The summed E-state index contributed by atoms with van der Waals surface area (Å²) in [7, 11) is 0. The van der Waals surface area contributed by atoms with E-state index in [0.717, 1.165) is 12.2 Å². The summed E-state index contributed by atoms with van der Waals surface area (Å²) in [6.07, 6.45) is -0.0946. The predicted molar refractivity (Wildman–Crippen MR) is 97.5 cm³/mol. The maximum Gasteiger partial charge on any atom is 0.224 e. The molecule has 0 radical (unpaired) electrons. The summed E-state index contributed by atoms with van der Waals surface area (Å²) in [6.45, 7) is 5.45. The van der Waals surface area contributed by atoms with Crippen molar-refractivity contribution >= 4 is 29.3 Å². The molecule has 0 atom stereocenters. The monoisotopic (exact) mass is 365 g/mol. The summed E-state index contributed by atoms with van der Waals surface area (Å²) in [5.41, 5.74) is 1.04. The molecule has 0 aliphatic heterocycles. The number of nitrogens with zero attached hydrogens (tertiary/aromatic N) is 2. The van der Waals surface area contributed by atoms with Crippen LogP contribution in [0.3, 0.4) is 0 Å². The molecule has 25 heavy (non-hydrogen) atoms. The minimum Gasteiger partial charge on any atom is -0.368 e. The van der Waals surface area contributed by atoms with E-state index in [2.05, 4.69) is 25.9 Å². The van der Waals surface area contributed by atoms with Crippen LogP contribution in [0.4, 0.5) is 16.2 Å². The van der Waals surface area contributed by atoms with Gasteiger partial charge in [0, 0.05) is 42.0 Å². The average Bonchev–Trinajstić information content (AvgIpc) is 2.55. The van der Waals surface area contributed by atoms with Crippen LogP contribution in [0.2, 0.25) is 5.02 Å². The van der Waals surface area contributed by atoms with E-state index in [9.17, 15) is 9.18 Å². The maximum absolute atomic E-state index is 13.7. The summed E-state index contributed by atoms with van der Waals surface area (Å²) in [4.78, 5) is 20.5. The van der Waals surface area contributed by atoms with Crippen molar-refractivity contribution in [3.05, 3.63) is 46.4 Å². The maximum atomic E-state index is 13.7. The Morgan fingerprint density at radius 2 is 2.04 bits per heavy atom. The predicted octanol–water partition coefficient (Wildman–Crippen LogP) is 2.78. The summed E-state index contributed by atoms with van der Waals surface area (Å²) < 4.78 is 13.7. The van der Waals surface area contributed by atoms with Gasteiger partial charge in [0.25, 0.3) is 0 Å². The van der Waals surface area contributed by atoms with E-state index in [1.807, 2.05) is 19.9 Å². The molecule has 0 spiro atoms. The van der Waals surface area contributed by atoms with Crippen molar-refractivity contribution in [2.45, 2.75) is 20.3 Å². The van der Waals surface area contributed by atoms with Crippen molar-refractivity contribution in [3.63, 3.8) is 0 Å². The number of anilines is 2. The highest BCUT2D eigenvalue weighted by molar-refractivity contribution is 6.31. The second-order valence-electron chi connectivity index (χ2n) is 5.40. The lowest BCUT2D eigenvalue weighted by molar-refractivity contribution is -0.120. The Morgan fingerprint density at radius 3 is 2.76 bits per heavy atom. The number of halogens is 2. The Hall–Kier alpha value is -2.41. The normalized spacial score (nSPS) is 10.4. The van der Waals surface area contributed by atoms with Crippen molar-refractivity contribution in [1.82, 2.24) is 15.3 Å². The van der Waals surface area contributed by atoms with Crippen LogP contribution in [0.1, 0.15) is 18.2 Å². The first kappa shape index (κ1) is 18.9. The van der Waals surface area contributed by atoms with Gasteiger partial charge in [-0.15, -0.1) is 0 Å². The first-order valence-corrected chi connectivity index (χ1v) is 8.40. The van der Waals surface area contributed by atoms with Gasteiger partial charge in [-0.3, -0.25) is 4.79 Å². The van der Waals surface area contributed by atoms with Gasteiger partial charge in [0.2, 0.25) is 11.9 Å². The van der Waals surface area contributed by atoms with Crippen LogP contribution in [0.25, 0.3) is 0 Å². The fourth-order valence-electron chi connectivity index (χ4n) is 2.21. The van der Waals surface area contributed by atoms with Gasteiger partial charge in [0.15, 0.2) is 0 Å². The number of hydrogen-bond acceptors (Lipinski definition) is 5. The minimum atomic E-state index is -0.479. The lowest BCUT2D eigenvalue weighted by atomic mass is 10.1. The van der Waals surface area contributed by atoms with Gasteiger partial charge in [-0.1, -0.05) is 17.7 Å². The number of benzene rings is 1. The van der Waals surface area contributed by atoms with Gasteiger partial charge in [-0.25, -0.2) is 9.37 Å². The van der Waals surface area contributed by atoms with E-state index >= 15 is 0 Å². The number of hydrogen-bond donors (Lipinski definition) is 3. The summed E-state index contributed by atoms with van der Waals surface area (Å²) >= 11 is 5.92. The molecule has 2 rings (SSSR count). The zero-order valence-corrected chi connectivity index (χ0v) is 15.0. The Bertz CT molecular complexity index is 721. The first-order chi connectivity index (χ1) is 12.0. The molecule has 0 fully saturated rings. The smallest absolute Gasteiger partial charge is 0.224 e. The second-order valence-corrected chi connectivity index (χ2v) is 5.81. The van der Waals surface area contributed by atoms with Crippen molar-refractivity contribution < 1.29 is 9.18 Å². The van der Waals surface area contributed by atoms with Crippen LogP contribution in [0, 0.1) is 12.7 Å².